The van der Waals surface area contributed by atoms with Crippen LogP contribution in [0.25, 0.3) is 11.2 Å². The molecule has 1 unspecified atom stereocenters. The van der Waals surface area contributed by atoms with E-state index in [1.807, 2.05) is 4.57 Å². The lowest BCUT2D eigenvalue weighted by Crippen LogP contribution is -2.45. The molecule has 4 rings (SSSR count). The SMILES string of the molecule is CC[C@H]1O[C@@H](n2cnc3c(Oc4ccc(CC(NC(=O)OC(C)(C)C)C(=O)OC)cc4)ncnc32)C[C@H]1C. The van der Waals surface area contributed by atoms with Crippen molar-refractivity contribution in [3.63, 3.8) is 0 Å². The number of methoxy groups -OCH3 is 1. The molecule has 4 atom stereocenters. The zero-order valence-electron chi connectivity index (χ0n) is 22.6. The fourth-order valence-corrected chi connectivity index (χ4v) is 4.48. The van der Waals surface area contributed by atoms with Gasteiger partial charge in [0.15, 0.2) is 11.2 Å². The molecule has 0 bridgehead atoms. The van der Waals surface area contributed by atoms with Gasteiger partial charge >= 0.3 is 12.1 Å². The summed E-state index contributed by atoms with van der Waals surface area (Å²) in [5.74, 6) is 0.756. The van der Waals surface area contributed by atoms with Crippen molar-refractivity contribution in [1.82, 2.24) is 24.8 Å². The molecule has 3 heterocycles. The molecular formula is C27H35N5O6. The number of aromatic nitrogens is 4. The van der Waals surface area contributed by atoms with Crippen molar-refractivity contribution >= 4 is 23.2 Å². The molecule has 0 aliphatic carbocycles. The van der Waals surface area contributed by atoms with Crippen LogP contribution in [0.2, 0.25) is 0 Å². The van der Waals surface area contributed by atoms with E-state index in [-0.39, 0.29) is 18.8 Å². The average molecular weight is 526 g/mol. The fourth-order valence-electron chi connectivity index (χ4n) is 4.48. The molecule has 1 N–H and O–H groups in total. The maximum atomic E-state index is 12.3. The van der Waals surface area contributed by atoms with Gasteiger partial charge in [-0.25, -0.2) is 19.6 Å². The quantitative estimate of drug-likeness (QED) is 0.421. The standard InChI is InChI=1S/C27H35N5O6/c1-7-20-16(2)12-21(37-20)32-15-30-22-23(32)28-14-29-24(22)36-18-10-8-17(9-11-18)13-19(25(33)35-6)31-26(34)38-27(3,4)5/h8-11,14-16,19-21H,7,12-13H2,1-6H3,(H,31,34)/t16-,19?,20-,21-/m1/s1. The molecule has 1 aliphatic rings. The predicted molar refractivity (Wildman–Crippen MR) is 139 cm³/mol. The lowest BCUT2D eigenvalue weighted by molar-refractivity contribution is -0.143. The Morgan fingerprint density at radius 3 is 2.55 bits per heavy atom. The van der Waals surface area contributed by atoms with E-state index in [1.165, 1.54) is 13.4 Å². The second-order valence-electron chi connectivity index (χ2n) is 10.4. The summed E-state index contributed by atoms with van der Waals surface area (Å²) in [6.45, 7) is 9.57. The number of esters is 1. The highest BCUT2D eigenvalue weighted by molar-refractivity contribution is 5.81. The van der Waals surface area contributed by atoms with Crippen LogP contribution < -0.4 is 10.1 Å². The number of rotatable bonds is 8. The van der Waals surface area contributed by atoms with E-state index in [4.69, 9.17) is 18.9 Å². The largest absolute Gasteiger partial charge is 0.467 e. The van der Waals surface area contributed by atoms with Gasteiger partial charge in [-0.2, -0.15) is 4.98 Å². The lowest BCUT2D eigenvalue weighted by Gasteiger charge is -2.22. The molecule has 38 heavy (non-hydrogen) atoms. The summed E-state index contributed by atoms with van der Waals surface area (Å²) >= 11 is 0. The molecule has 1 saturated heterocycles. The van der Waals surface area contributed by atoms with Gasteiger partial charge in [0, 0.05) is 6.42 Å². The van der Waals surface area contributed by atoms with Crippen LogP contribution in [0.3, 0.4) is 0 Å². The van der Waals surface area contributed by atoms with Gasteiger partial charge in [-0.05, 0) is 57.2 Å². The van der Waals surface area contributed by atoms with Gasteiger partial charge in [0.25, 0.3) is 5.88 Å². The highest BCUT2D eigenvalue weighted by atomic mass is 16.6. The number of hydrogen-bond acceptors (Lipinski definition) is 9. The van der Waals surface area contributed by atoms with Crippen LogP contribution >= 0.6 is 0 Å². The smallest absolute Gasteiger partial charge is 0.408 e. The summed E-state index contributed by atoms with van der Waals surface area (Å²) < 4.78 is 24.3. The van der Waals surface area contributed by atoms with E-state index in [1.54, 1.807) is 51.4 Å². The van der Waals surface area contributed by atoms with Crippen molar-refractivity contribution in [2.24, 2.45) is 5.92 Å². The maximum Gasteiger partial charge on any atom is 0.408 e. The predicted octanol–water partition coefficient (Wildman–Crippen LogP) is 4.56. The van der Waals surface area contributed by atoms with E-state index in [0.29, 0.717) is 28.7 Å². The van der Waals surface area contributed by atoms with E-state index in [9.17, 15) is 9.59 Å². The third-order valence-corrected chi connectivity index (χ3v) is 6.33. The van der Waals surface area contributed by atoms with Crippen molar-refractivity contribution in [2.75, 3.05) is 7.11 Å². The van der Waals surface area contributed by atoms with Gasteiger partial charge in [-0.3, -0.25) is 4.57 Å². The third kappa shape index (κ3) is 6.39. The van der Waals surface area contributed by atoms with Crippen molar-refractivity contribution < 1.29 is 28.5 Å². The Hall–Kier alpha value is -3.73. The minimum absolute atomic E-state index is 0.126. The normalized spacial score (nSPS) is 20.2. The molecular weight excluding hydrogens is 490 g/mol. The number of fused-ring (bicyclic) bond motifs is 1. The number of alkyl carbamates (subject to hydrolysis) is 1. The zero-order valence-corrected chi connectivity index (χ0v) is 22.6. The number of amides is 1. The molecule has 1 amide bonds. The van der Waals surface area contributed by atoms with Gasteiger partial charge < -0.3 is 24.3 Å². The van der Waals surface area contributed by atoms with Crippen LogP contribution in [0.5, 0.6) is 11.6 Å². The Bertz CT molecular complexity index is 1270. The summed E-state index contributed by atoms with van der Waals surface area (Å²) in [6, 6.07) is 6.22. The van der Waals surface area contributed by atoms with Crippen molar-refractivity contribution in [1.29, 1.82) is 0 Å². The molecule has 2 aromatic heterocycles. The summed E-state index contributed by atoms with van der Waals surface area (Å²) in [7, 11) is 1.27. The number of ether oxygens (including phenoxy) is 4. The Balaban J connectivity index is 1.45. The van der Waals surface area contributed by atoms with E-state index in [0.717, 1.165) is 18.4 Å². The summed E-state index contributed by atoms with van der Waals surface area (Å²) in [5.41, 5.74) is 1.29. The number of benzene rings is 1. The molecule has 204 valence electrons. The van der Waals surface area contributed by atoms with Crippen LogP contribution in [0, 0.1) is 5.92 Å². The Kier molecular flexibility index (Phi) is 8.15. The van der Waals surface area contributed by atoms with Gasteiger partial charge in [0.05, 0.1) is 19.5 Å². The van der Waals surface area contributed by atoms with Crippen LogP contribution in [0.1, 0.15) is 59.3 Å². The van der Waals surface area contributed by atoms with Crippen molar-refractivity contribution in [3.05, 3.63) is 42.5 Å². The first-order valence-electron chi connectivity index (χ1n) is 12.7. The number of carbonyl (C=O) groups is 2. The minimum atomic E-state index is -0.903. The highest BCUT2D eigenvalue weighted by Crippen LogP contribution is 2.37. The van der Waals surface area contributed by atoms with E-state index >= 15 is 0 Å². The maximum absolute atomic E-state index is 12.3. The Morgan fingerprint density at radius 2 is 1.92 bits per heavy atom. The van der Waals surface area contributed by atoms with Crippen molar-refractivity contribution in [2.45, 2.75) is 77.9 Å². The molecule has 0 radical (unpaired) electrons. The van der Waals surface area contributed by atoms with Crippen molar-refractivity contribution in [3.8, 4) is 11.6 Å². The van der Waals surface area contributed by atoms with Crippen LogP contribution in [0.15, 0.2) is 36.9 Å². The van der Waals surface area contributed by atoms with Gasteiger partial charge in [0.1, 0.15) is 29.9 Å². The zero-order chi connectivity index (χ0) is 27.4. The Labute approximate surface area is 221 Å². The number of hydrogen-bond donors (Lipinski definition) is 1. The summed E-state index contributed by atoms with van der Waals surface area (Å²) in [5, 5.41) is 2.58. The second-order valence-corrected chi connectivity index (χ2v) is 10.4. The molecule has 11 heteroatoms. The number of carbonyl (C=O) groups excluding carboxylic acids is 2. The molecule has 1 fully saturated rings. The van der Waals surface area contributed by atoms with Crippen LogP contribution in [-0.2, 0) is 25.4 Å². The summed E-state index contributed by atoms with van der Waals surface area (Å²) in [6.07, 6.45) is 4.63. The number of nitrogens with one attached hydrogen (secondary N) is 1. The van der Waals surface area contributed by atoms with Gasteiger partial charge in [-0.15, -0.1) is 0 Å². The lowest BCUT2D eigenvalue weighted by atomic mass is 10.0. The molecule has 1 aromatic carbocycles. The Morgan fingerprint density at radius 1 is 1.18 bits per heavy atom. The minimum Gasteiger partial charge on any atom is -0.467 e. The monoisotopic (exact) mass is 525 g/mol. The topological polar surface area (TPSA) is 127 Å². The molecule has 11 nitrogen and oxygen atoms in total. The van der Waals surface area contributed by atoms with E-state index < -0.39 is 23.7 Å². The van der Waals surface area contributed by atoms with E-state index in [2.05, 4.69) is 34.1 Å². The fraction of sp³-hybridized carbons (Fsp3) is 0.519. The molecule has 0 saturated carbocycles. The summed E-state index contributed by atoms with van der Waals surface area (Å²) in [4.78, 5) is 37.6. The molecule has 3 aromatic rings. The van der Waals surface area contributed by atoms with Gasteiger partial charge in [-0.1, -0.05) is 26.0 Å². The molecule has 0 spiro atoms. The molecule has 1 aliphatic heterocycles. The van der Waals surface area contributed by atoms with Gasteiger partial charge in [0.2, 0.25) is 0 Å². The first-order valence-corrected chi connectivity index (χ1v) is 12.7. The third-order valence-electron chi connectivity index (χ3n) is 6.33. The highest BCUT2D eigenvalue weighted by Gasteiger charge is 2.33. The number of nitrogens with zero attached hydrogens (tertiary/aromatic N) is 4. The van der Waals surface area contributed by atoms with Crippen LogP contribution in [0.4, 0.5) is 4.79 Å². The average Bonchev–Trinajstić information content (AvgIpc) is 3.46. The van der Waals surface area contributed by atoms with Crippen LogP contribution in [-0.4, -0.2) is 56.4 Å². The first-order chi connectivity index (χ1) is 18.1. The number of imidazole rings is 1. The first kappa shape index (κ1) is 27.3. The second kappa shape index (κ2) is 11.3.